The predicted octanol–water partition coefficient (Wildman–Crippen LogP) is 5.72. The topological polar surface area (TPSA) is 60.7 Å². The summed E-state index contributed by atoms with van der Waals surface area (Å²) in [7, 11) is 0. The minimum absolute atomic E-state index is 0.189. The molecule has 2 saturated carbocycles. The van der Waals surface area contributed by atoms with Crippen LogP contribution in [0.15, 0.2) is 47.1 Å². The van der Waals surface area contributed by atoms with Crippen molar-refractivity contribution in [2.45, 2.75) is 102 Å². The summed E-state index contributed by atoms with van der Waals surface area (Å²) >= 11 is 1.91. The second kappa shape index (κ2) is 9.99. The average molecular weight is 447 g/mol. The molecule has 0 aromatic carbocycles. The molecule has 0 bridgehead atoms. The molecule has 0 heterocycles. The van der Waals surface area contributed by atoms with E-state index in [9.17, 15) is 15.3 Å². The third-order valence-corrected chi connectivity index (χ3v) is 9.69. The van der Waals surface area contributed by atoms with Gasteiger partial charge in [-0.05, 0) is 74.3 Å². The van der Waals surface area contributed by atoms with Crippen LogP contribution in [0.1, 0.15) is 79.1 Å². The van der Waals surface area contributed by atoms with Crippen molar-refractivity contribution in [3.05, 3.63) is 47.1 Å². The number of thioether (sulfide) groups is 1. The van der Waals surface area contributed by atoms with Gasteiger partial charge in [-0.1, -0.05) is 56.7 Å². The number of hydrogen-bond acceptors (Lipinski definition) is 4. The maximum absolute atomic E-state index is 10.7. The average Bonchev–Trinajstić information content (AvgIpc) is 3.10. The Morgan fingerprint density at radius 2 is 2.00 bits per heavy atom. The lowest BCUT2D eigenvalue weighted by molar-refractivity contribution is 0.0571. The van der Waals surface area contributed by atoms with Gasteiger partial charge in [-0.2, -0.15) is 11.8 Å². The van der Waals surface area contributed by atoms with E-state index in [4.69, 9.17) is 0 Å². The molecule has 3 nitrogen and oxygen atoms in total. The second-order valence-electron chi connectivity index (χ2n) is 10.2. The van der Waals surface area contributed by atoms with Crippen molar-refractivity contribution in [3.63, 3.8) is 0 Å². The molecule has 31 heavy (non-hydrogen) atoms. The molecule has 0 aromatic heterocycles. The molecule has 3 rings (SSSR count). The summed E-state index contributed by atoms with van der Waals surface area (Å²) in [6, 6.07) is 0. The summed E-state index contributed by atoms with van der Waals surface area (Å²) in [6.07, 6.45) is 12.9. The zero-order valence-corrected chi connectivity index (χ0v) is 20.7. The van der Waals surface area contributed by atoms with Crippen molar-refractivity contribution >= 4 is 11.8 Å². The highest BCUT2D eigenvalue weighted by atomic mass is 32.2. The lowest BCUT2D eigenvalue weighted by atomic mass is 9.64. The summed E-state index contributed by atoms with van der Waals surface area (Å²) < 4.78 is 0. The predicted molar refractivity (Wildman–Crippen MR) is 132 cm³/mol. The Labute approximate surface area is 193 Å². The highest BCUT2D eigenvalue weighted by Crippen LogP contribution is 2.57. The van der Waals surface area contributed by atoms with E-state index in [0.29, 0.717) is 24.0 Å². The van der Waals surface area contributed by atoms with E-state index in [1.54, 1.807) is 5.57 Å². The zero-order chi connectivity index (χ0) is 22.8. The summed E-state index contributed by atoms with van der Waals surface area (Å²) in [5.41, 5.74) is 4.43. The largest absolute Gasteiger partial charge is 0.393 e. The van der Waals surface area contributed by atoms with Crippen LogP contribution in [0.2, 0.25) is 0 Å². The molecule has 5 atom stereocenters. The van der Waals surface area contributed by atoms with Gasteiger partial charge in [-0.3, -0.25) is 0 Å². The number of allylic oxidation sites excluding steroid dienone is 4. The lowest BCUT2D eigenvalue weighted by Gasteiger charge is -2.42. The van der Waals surface area contributed by atoms with Crippen molar-refractivity contribution in [1.82, 2.24) is 0 Å². The van der Waals surface area contributed by atoms with Gasteiger partial charge in [0.25, 0.3) is 0 Å². The van der Waals surface area contributed by atoms with Crippen LogP contribution < -0.4 is 0 Å². The first kappa shape index (κ1) is 24.8. The van der Waals surface area contributed by atoms with E-state index in [2.05, 4.69) is 52.5 Å². The fourth-order valence-corrected chi connectivity index (χ4v) is 7.28. The molecule has 0 spiro atoms. The van der Waals surface area contributed by atoms with Crippen LogP contribution in [-0.4, -0.2) is 44.1 Å². The Morgan fingerprint density at radius 3 is 2.68 bits per heavy atom. The summed E-state index contributed by atoms with van der Waals surface area (Å²) in [5, 5.41) is 31.3. The van der Waals surface area contributed by atoms with Gasteiger partial charge in [-0.15, -0.1) is 0 Å². The summed E-state index contributed by atoms with van der Waals surface area (Å²) in [6.45, 7) is 13.0. The standard InChI is InChI=1S/C27H42O3S/c1-6-27(30,7-2)17-31-19(4)23-12-13-24-20(9-8-14-26(23,24)5)10-11-21-15-22(28)16-25(29)18(21)3/h10-12,19,22,24-25,28-30H,3,6-9,13-17H2,1-2,4-5H3/b20-10+,21-11-/t19-,22+,24?,25-,26+/m0/s1. The number of rotatable bonds is 7. The molecule has 2 fully saturated rings. The quantitative estimate of drug-likeness (QED) is 0.438. The molecule has 3 aliphatic rings. The van der Waals surface area contributed by atoms with E-state index in [1.807, 2.05) is 11.8 Å². The minimum Gasteiger partial charge on any atom is -0.393 e. The van der Waals surface area contributed by atoms with Crippen LogP contribution in [0.4, 0.5) is 0 Å². The molecular weight excluding hydrogens is 404 g/mol. The SMILES string of the molecule is C=C1/C(=C\C=C2/CCC[C@]3(C)C([C@H](C)SCC(O)(CC)CC)=CCC23)C[C@@H](O)C[C@@H]1O. The van der Waals surface area contributed by atoms with Gasteiger partial charge in [0.1, 0.15) is 0 Å². The van der Waals surface area contributed by atoms with Crippen LogP contribution >= 0.6 is 11.8 Å². The van der Waals surface area contributed by atoms with Crippen LogP contribution in [0.5, 0.6) is 0 Å². The van der Waals surface area contributed by atoms with E-state index < -0.39 is 17.8 Å². The van der Waals surface area contributed by atoms with Gasteiger partial charge >= 0.3 is 0 Å². The van der Waals surface area contributed by atoms with E-state index in [0.717, 1.165) is 42.6 Å². The van der Waals surface area contributed by atoms with Crippen molar-refractivity contribution in [2.24, 2.45) is 11.3 Å². The van der Waals surface area contributed by atoms with Gasteiger partial charge < -0.3 is 15.3 Å². The molecule has 0 aliphatic heterocycles. The van der Waals surface area contributed by atoms with Crippen LogP contribution in [0.25, 0.3) is 0 Å². The third-order valence-electron chi connectivity index (χ3n) is 8.23. The van der Waals surface area contributed by atoms with Gasteiger partial charge in [0.15, 0.2) is 0 Å². The molecule has 0 amide bonds. The molecule has 3 aliphatic carbocycles. The first-order valence-corrected chi connectivity index (χ1v) is 13.2. The Morgan fingerprint density at radius 1 is 1.29 bits per heavy atom. The monoisotopic (exact) mass is 446 g/mol. The second-order valence-corrected chi connectivity index (χ2v) is 11.5. The molecule has 0 radical (unpaired) electrons. The van der Waals surface area contributed by atoms with Crippen LogP contribution in [0.3, 0.4) is 0 Å². The van der Waals surface area contributed by atoms with Gasteiger partial charge in [0.05, 0.1) is 17.8 Å². The molecule has 174 valence electrons. The Hall–Kier alpha value is -0.810. The maximum Gasteiger partial charge on any atom is 0.0811 e. The van der Waals surface area contributed by atoms with Gasteiger partial charge in [-0.25, -0.2) is 0 Å². The van der Waals surface area contributed by atoms with Crippen molar-refractivity contribution in [1.29, 1.82) is 0 Å². The number of aliphatic hydroxyl groups is 3. The first-order chi connectivity index (χ1) is 14.6. The Balaban J connectivity index is 1.73. The number of hydrogen-bond donors (Lipinski definition) is 3. The fourth-order valence-electron chi connectivity index (χ4n) is 5.77. The Kier molecular flexibility index (Phi) is 8.00. The fraction of sp³-hybridized carbons (Fsp3) is 0.704. The molecule has 0 aromatic rings. The van der Waals surface area contributed by atoms with Crippen molar-refractivity contribution in [3.8, 4) is 0 Å². The molecule has 1 unspecified atom stereocenters. The highest BCUT2D eigenvalue weighted by molar-refractivity contribution is 8.00. The van der Waals surface area contributed by atoms with E-state index in [1.165, 1.54) is 18.4 Å². The maximum atomic E-state index is 10.7. The molecular formula is C27H42O3S. The minimum atomic E-state index is -0.632. The van der Waals surface area contributed by atoms with Gasteiger partial charge in [0, 0.05) is 17.4 Å². The van der Waals surface area contributed by atoms with E-state index in [-0.39, 0.29) is 5.41 Å². The Bertz CT molecular complexity index is 760. The van der Waals surface area contributed by atoms with Crippen LogP contribution in [-0.2, 0) is 0 Å². The highest BCUT2D eigenvalue weighted by Gasteiger charge is 2.46. The van der Waals surface area contributed by atoms with Crippen LogP contribution in [0, 0.1) is 11.3 Å². The van der Waals surface area contributed by atoms with E-state index >= 15 is 0 Å². The van der Waals surface area contributed by atoms with Crippen molar-refractivity contribution < 1.29 is 15.3 Å². The molecule has 0 saturated heterocycles. The summed E-state index contributed by atoms with van der Waals surface area (Å²) in [4.78, 5) is 0. The number of fused-ring (bicyclic) bond motifs is 1. The van der Waals surface area contributed by atoms with Gasteiger partial charge in [0.2, 0.25) is 0 Å². The smallest absolute Gasteiger partial charge is 0.0811 e. The third kappa shape index (κ3) is 5.24. The normalized spacial score (nSPS) is 35.4. The first-order valence-electron chi connectivity index (χ1n) is 12.1. The zero-order valence-electron chi connectivity index (χ0n) is 19.9. The van der Waals surface area contributed by atoms with Crippen molar-refractivity contribution in [2.75, 3.05) is 5.75 Å². The number of aliphatic hydroxyl groups excluding tert-OH is 2. The molecule has 4 heteroatoms. The molecule has 3 N–H and O–H groups in total. The summed E-state index contributed by atoms with van der Waals surface area (Å²) in [5.74, 6) is 1.32. The lowest BCUT2D eigenvalue weighted by Crippen LogP contribution is -2.35.